The van der Waals surface area contributed by atoms with Crippen molar-refractivity contribution < 1.29 is 17.9 Å². The fraction of sp³-hybridized carbons (Fsp3) is 0.381. The fourth-order valence-corrected chi connectivity index (χ4v) is 4.79. The number of hydrogen-bond donors (Lipinski definition) is 1. The van der Waals surface area contributed by atoms with Crippen LogP contribution in [-0.2, 0) is 10.0 Å². The van der Waals surface area contributed by atoms with Crippen molar-refractivity contribution in [2.75, 3.05) is 19.7 Å². The highest BCUT2D eigenvalue weighted by molar-refractivity contribution is 7.89. The maximum absolute atomic E-state index is 12.8. The molecule has 1 N–H and O–H groups in total. The number of benzene rings is 2. The zero-order valence-corrected chi connectivity index (χ0v) is 17.0. The van der Waals surface area contributed by atoms with Crippen molar-refractivity contribution in [3.63, 3.8) is 0 Å². The highest BCUT2D eigenvalue weighted by atomic mass is 32.2. The van der Waals surface area contributed by atoms with Gasteiger partial charge in [-0.05, 0) is 63.1 Å². The summed E-state index contributed by atoms with van der Waals surface area (Å²) in [5.41, 5.74) is 1.66. The maximum atomic E-state index is 12.8. The van der Waals surface area contributed by atoms with Gasteiger partial charge in [-0.15, -0.1) is 0 Å². The van der Waals surface area contributed by atoms with E-state index < -0.39 is 10.0 Å². The van der Waals surface area contributed by atoms with Gasteiger partial charge in [0.05, 0.1) is 11.5 Å². The predicted molar refractivity (Wildman–Crippen MR) is 108 cm³/mol. The molecule has 1 aliphatic rings. The van der Waals surface area contributed by atoms with Gasteiger partial charge in [-0.2, -0.15) is 4.31 Å². The zero-order valence-electron chi connectivity index (χ0n) is 16.2. The lowest BCUT2D eigenvalue weighted by molar-refractivity contribution is 0.0923. The number of nitrogens with zero attached hydrogens (tertiary/aromatic N) is 1. The molecule has 28 heavy (non-hydrogen) atoms. The van der Waals surface area contributed by atoms with Gasteiger partial charge in [0.15, 0.2) is 0 Å². The van der Waals surface area contributed by atoms with Gasteiger partial charge in [-0.3, -0.25) is 4.79 Å². The van der Waals surface area contributed by atoms with E-state index in [0.29, 0.717) is 43.9 Å². The van der Waals surface area contributed by atoms with Crippen molar-refractivity contribution in [3.05, 3.63) is 59.7 Å². The van der Waals surface area contributed by atoms with Crippen LogP contribution in [0.2, 0.25) is 0 Å². The summed E-state index contributed by atoms with van der Waals surface area (Å²) in [5.74, 6) is 0.538. The van der Waals surface area contributed by atoms with Crippen LogP contribution in [0.5, 0.6) is 5.75 Å². The Hall–Kier alpha value is -2.38. The van der Waals surface area contributed by atoms with E-state index in [-0.39, 0.29) is 16.8 Å². The molecule has 3 rings (SSSR count). The van der Waals surface area contributed by atoms with E-state index >= 15 is 0 Å². The van der Waals surface area contributed by atoms with Gasteiger partial charge in [0, 0.05) is 24.7 Å². The first-order chi connectivity index (χ1) is 13.4. The van der Waals surface area contributed by atoms with Crippen LogP contribution >= 0.6 is 0 Å². The normalized spacial score (nSPS) is 15.9. The summed E-state index contributed by atoms with van der Waals surface area (Å²) in [7, 11) is -3.54. The standard InChI is InChI=1S/C21H26N2O4S/c1-3-27-19-7-9-20(10-8-19)28(25,26)23-13-11-18(12-14-23)22-21(24)17-6-4-5-16(2)15-17/h4-10,15,18H,3,11-14H2,1-2H3,(H,22,24). The van der Waals surface area contributed by atoms with Crippen molar-refractivity contribution in [1.29, 1.82) is 0 Å². The Bertz CT molecular complexity index is 918. The van der Waals surface area contributed by atoms with Crippen molar-refractivity contribution in [2.24, 2.45) is 0 Å². The average Bonchev–Trinajstić information content (AvgIpc) is 2.69. The van der Waals surface area contributed by atoms with Gasteiger partial charge in [-0.1, -0.05) is 17.7 Å². The Morgan fingerprint density at radius 3 is 2.43 bits per heavy atom. The first-order valence-electron chi connectivity index (χ1n) is 9.50. The van der Waals surface area contributed by atoms with Gasteiger partial charge in [0.2, 0.25) is 10.0 Å². The van der Waals surface area contributed by atoms with Crippen LogP contribution in [0.25, 0.3) is 0 Å². The Morgan fingerprint density at radius 1 is 1.14 bits per heavy atom. The molecule has 6 nitrogen and oxygen atoms in total. The molecule has 0 atom stereocenters. The molecular weight excluding hydrogens is 376 g/mol. The van der Waals surface area contributed by atoms with Gasteiger partial charge in [-0.25, -0.2) is 8.42 Å². The van der Waals surface area contributed by atoms with Gasteiger partial charge in [0.25, 0.3) is 5.91 Å². The molecule has 0 unspecified atom stereocenters. The van der Waals surface area contributed by atoms with Crippen LogP contribution in [0.3, 0.4) is 0 Å². The second-order valence-corrected chi connectivity index (χ2v) is 8.86. The van der Waals surface area contributed by atoms with E-state index in [4.69, 9.17) is 4.74 Å². The minimum atomic E-state index is -3.54. The lowest BCUT2D eigenvalue weighted by atomic mass is 10.1. The van der Waals surface area contributed by atoms with E-state index in [2.05, 4.69) is 5.32 Å². The molecule has 0 bridgehead atoms. The molecule has 1 heterocycles. The summed E-state index contributed by atoms with van der Waals surface area (Å²) in [6.07, 6.45) is 1.18. The van der Waals surface area contributed by atoms with Gasteiger partial charge < -0.3 is 10.1 Å². The number of amides is 1. The van der Waals surface area contributed by atoms with Crippen LogP contribution in [0.1, 0.15) is 35.7 Å². The number of aryl methyl sites for hydroxylation is 1. The van der Waals surface area contributed by atoms with Gasteiger partial charge in [0.1, 0.15) is 5.75 Å². The monoisotopic (exact) mass is 402 g/mol. The highest BCUT2D eigenvalue weighted by Crippen LogP contribution is 2.23. The van der Waals surface area contributed by atoms with Crippen molar-refractivity contribution in [2.45, 2.75) is 37.6 Å². The van der Waals surface area contributed by atoms with E-state index in [0.717, 1.165) is 5.56 Å². The average molecular weight is 403 g/mol. The molecule has 0 aromatic heterocycles. The molecule has 1 amide bonds. The van der Waals surface area contributed by atoms with Crippen molar-refractivity contribution >= 4 is 15.9 Å². The second kappa shape index (κ2) is 8.75. The van der Waals surface area contributed by atoms with E-state index in [1.54, 1.807) is 30.3 Å². The molecular formula is C21H26N2O4S. The number of carbonyl (C=O) groups excluding carboxylic acids is 1. The zero-order chi connectivity index (χ0) is 20.1. The number of hydrogen-bond acceptors (Lipinski definition) is 4. The van der Waals surface area contributed by atoms with Crippen molar-refractivity contribution in [3.8, 4) is 5.75 Å². The number of sulfonamides is 1. The quantitative estimate of drug-likeness (QED) is 0.806. The number of nitrogens with one attached hydrogen (secondary N) is 1. The molecule has 0 radical (unpaired) electrons. The molecule has 2 aromatic carbocycles. The highest BCUT2D eigenvalue weighted by Gasteiger charge is 2.30. The summed E-state index contributed by atoms with van der Waals surface area (Å²) in [6, 6.07) is 13.9. The maximum Gasteiger partial charge on any atom is 0.251 e. The van der Waals surface area contributed by atoms with E-state index in [9.17, 15) is 13.2 Å². The van der Waals surface area contributed by atoms with Gasteiger partial charge >= 0.3 is 0 Å². The third-order valence-corrected chi connectivity index (χ3v) is 6.75. The topological polar surface area (TPSA) is 75.7 Å². The minimum Gasteiger partial charge on any atom is -0.494 e. The first-order valence-corrected chi connectivity index (χ1v) is 10.9. The summed E-state index contributed by atoms with van der Waals surface area (Å²) in [6.45, 7) is 5.13. The van der Waals surface area contributed by atoms with Crippen LogP contribution in [0, 0.1) is 6.92 Å². The summed E-state index contributed by atoms with van der Waals surface area (Å²) in [4.78, 5) is 12.7. The molecule has 1 fully saturated rings. The van der Waals surface area contributed by atoms with Crippen LogP contribution < -0.4 is 10.1 Å². The summed E-state index contributed by atoms with van der Waals surface area (Å²) in [5, 5.41) is 3.02. The SMILES string of the molecule is CCOc1ccc(S(=O)(=O)N2CCC(NC(=O)c3cccc(C)c3)CC2)cc1. The van der Waals surface area contributed by atoms with Crippen LogP contribution in [-0.4, -0.2) is 44.4 Å². The largest absolute Gasteiger partial charge is 0.494 e. The number of carbonyl (C=O) groups is 1. The molecule has 1 aliphatic heterocycles. The lowest BCUT2D eigenvalue weighted by Gasteiger charge is -2.31. The number of rotatable bonds is 6. The molecule has 0 aliphatic carbocycles. The summed E-state index contributed by atoms with van der Waals surface area (Å²) >= 11 is 0. The fourth-order valence-electron chi connectivity index (χ4n) is 3.32. The first kappa shape index (κ1) is 20.4. The Morgan fingerprint density at radius 2 is 1.82 bits per heavy atom. The van der Waals surface area contributed by atoms with Crippen LogP contribution in [0.4, 0.5) is 0 Å². The number of ether oxygens (including phenoxy) is 1. The second-order valence-electron chi connectivity index (χ2n) is 6.93. The third-order valence-electron chi connectivity index (χ3n) is 4.84. The molecule has 1 saturated heterocycles. The predicted octanol–water partition coefficient (Wildman–Crippen LogP) is 2.98. The Balaban J connectivity index is 1.59. The summed E-state index contributed by atoms with van der Waals surface area (Å²) < 4.78 is 32.5. The Kier molecular flexibility index (Phi) is 6.36. The molecule has 7 heteroatoms. The third kappa shape index (κ3) is 4.72. The number of piperidine rings is 1. The smallest absolute Gasteiger partial charge is 0.251 e. The van der Waals surface area contributed by atoms with E-state index in [1.165, 1.54) is 4.31 Å². The molecule has 150 valence electrons. The van der Waals surface area contributed by atoms with Crippen LogP contribution in [0.15, 0.2) is 53.4 Å². The molecule has 2 aromatic rings. The Labute approximate surface area is 166 Å². The lowest BCUT2D eigenvalue weighted by Crippen LogP contribution is -2.46. The minimum absolute atomic E-state index is 0.0280. The molecule has 0 saturated carbocycles. The molecule has 0 spiro atoms. The van der Waals surface area contributed by atoms with E-state index in [1.807, 2.05) is 32.0 Å². The van der Waals surface area contributed by atoms with Crippen molar-refractivity contribution in [1.82, 2.24) is 9.62 Å².